The Morgan fingerprint density at radius 1 is 1.37 bits per heavy atom. The van der Waals surface area contributed by atoms with Crippen molar-refractivity contribution in [1.82, 2.24) is 15.0 Å². The van der Waals surface area contributed by atoms with E-state index in [1.54, 1.807) is 13.3 Å². The van der Waals surface area contributed by atoms with Crippen molar-refractivity contribution in [3.05, 3.63) is 40.9 Å². The van der Waals surface area contributed by atoms with Crippen LogP contribution < -0.4 is 16.0 Å². The maximum atomic E-state index is 5.70. The zero-order chi connectivity index (χ0) is 13.5. The summed E-state index contributed by atoms with van der Waals surface area (Å²) in [6.45, 7) is 1.03. The second-order valence-corrected chi connectivity index (χ2v) is 4.62. The van der Waals surface area contributed by atoms with Crippen molar-refractivity contribution in [2.24, 2.45) is 5.84 Å². The lowest BCUT2D eigenvalue weighted by molar-refractivity contribution is 0.145. The van der Waals surface area contributed by atoms with Gasteiger partial charge in [-0.1, -0.05) is 22.7 Å². The van der Waals surface area contributed by atoms with Crippen molar-refractivity contribution in [3.63, 3.8) is 0 Å². The summed E-state index contributed by atoms with van der Waals surface area (Å²) in [5, 5.41) is 3.83. The Balaban J connectivity index is 2.22. The SMILES string of the molecule is COCCOc1ccccc1C(NN)c1cnns1. The van der Waals surface area contributed by atoms with Crippen LogP contribution in [0.1, 0.15) is 16.5 Å². The Hall–Kier alpha value is -1.54. The Morgan fingerprint density at radius 3 is 2.89 bits per heavy atom. The van der Waals surface area contributed by atoms with E-state index in [1.807, 2.05) is 24.3 Å². The highest BCUT2D eigenvalue weighted by Gasteiger charge is 2.18. The summed E-state index contributed by atoms with van der Waals surface area (Å²) < 4.78 is 14.5. The van der Waals surface area contributed by atoms with Crippen molar-refractivity contribution in [2.45, 2.75) is 6.04 Å². The normalized spacial score (nSPS) is 12.3. The standard InChI is InChI=1S/C12H16N4O2S/c1-17-6-7-18-10-5-3-2-4-9(10)12(15-13)11-8-14-16-19-11/h2-5,8,12,15H,6-7,13H2,1H3. The van der Waals surface area contributed by atoms with Crippen LogP contribution in [0.25, 0.3) is 0 Å². The minimum Gasteiger partial charge on any atom is -0.491 e. The fourth-order valence-electron chi connectivity index (χ4n) is 1.71. The highest BCUT2D eigenvalue weighted by molar-refractivity contribution is 7.05. The molecule has 19 heavy (non-hydrogen) atoms. The van der Waals surface area contributed by atoms with Gasteiger partial charge in [-0.05, 0) is 17.6 Å². The van der Waals surface area contributed by atoms with Crippen LogP contribution in [0.3, 0.4) is 0 Å². The molecular weight excluding hydrogens is 264 g/mol. The van der Waals surface area contributed by atoms with E-state index < -0.39 is 0 Å². The van der Waals surface area contributed by atoms with Crippen molar-refractivity contribution in [1.29, 1.82) is 0 Å². The molecule has 0 saturated heterocycles. The number of ether oxygens (including phenoxy) is 2. The molecule has 0 radical (unpaired) electrons. The summed E-state index contributed by atoms with van der Waals surface area (Å²) in [5.74, 6) is 6.41. The number of benzene rings is 1. The zero-order valence-corrected chi connectivity index (χ0v) is 11.4. The molecule has 0 bridgehead atoms. The van der Waals surface area contributed by atoms with E-state index in [4.69, 9.17) is 15.3 Å². The maximum Gasteiger partial charge on any atom is 0.124 e. The minimum atomic E-state index is -0.182. The molecule has 6 nitrogen and oxygen atoms in total. The van der Waals surface area contributed by atoms with Crippen LogP contribution in [0.4, 0.5) is 0 Å². The summed E-state index contributed by atoms with van der Waals surface area (Å²) in [6, 6.07) is 7.55. The lowest BCUT2D eigenvalue weighted by Crippen LogP contribution is -2.28. The maximum absolute atomic E-state index is 5.70. The molecule has 1 unspecified atom stereocenters. The molecule has 0 saturated carbocycles. The van der Waals surface area contributed by atoms with Gasteiger partial charge in [-0.25, -0.2) is 5.43 Å². The van der Waals surface area contributed by atoms with Gasteiger partial charge in [0, 0.05) is 12.7 Å². The first-order valence-electron chi connectivity index (χ1n) is 5.81. The number of hydrogen-bond acceptors (Lipinski definition) is 7. The molecule has 0 aliphatic rings. The number of methoxy groups -OCH3 is 1. The third kappa shape index (κ3) is 3.48. The number of nitrogens with zero attached hydrogens (tertiary/aromatic N) is 2. The highest BCUT2D eigenvalue weighted by Crippen LogP contribution is 2.30. The molecule has 0 spiro atoms. The Labute approximate surface area is 115 Å². The fourth-order valence-corrected chi connectivity index (χ4v) is 2.30. The third-order valence-corrected chi connectivity index (χ3v) is 3.33. The van der Waals surface area contributed by atoms with Gasteiger partial charge in [0.15, 0.2) is 0 Å². The summed E-state index contributed by atoms with van der Waals surface area (Å²) in [7, 11) is 1.64. The zero-order valence-electron chi connectivity index (χ0n) is 10.6. The summed E-state index contributed by atoms with van der Waals surface area (Å²) in [5.41, 5.74) is 3.72. The smallest absolute Gasteiger partial charge is 0.124 e. The molecule has 1 atom stereocenters. The molecule has 102 valence electrons. The van der Waals surface area contributed by atoms with Gasteiger partial charge in [-0.2, -0.15) is 0 Å². The number of hydrazine groups is 1. The van der Waals surface area contributed by atoms with Gasteiger partial charge in [-0.15, -0.1) is 5.10 Å². The Morgan fingerprint density at radius 2 is 2.21 bits per heavy atom. The molecule has 0 amide bonds. The van der Waals surface area contributed by atoms with Crippen LogP contribution in [-0.4, -0.2) is 29.9 Å². The molecule has 0 fully saturated rings. The molecule has 2 rings (SSSR count). The molecular formula is C12H16N4O2S. The van der Waals surface area contributed by atoms with Crippen LogP contribution in [0.15, 0.2) is 30.5 Å². The van der Waals surface area contributed by atoms with E-state index in [2.05, 4.69) is 15.0 Å². The topological polar surface area (TPSA) is 82.3 Å². The number of hydrogen-bond donors (Lipinski definition) is 2. The average molecular weight is 280 g/mol. The molecule has 1 heterocycles. The number of aromatic nitrogens is 2. The van der Waals surface area contributed by atoms with E-state index in [0.29, 0.717) is 13.2 Å². The van der Waals surface area contributed by atoms with E-state index in [-0.39, 0.29) is 6.04 Å². The van der Waals surface area contributed by atoms with Crippen molar-refractivity contribution in [3.8, 4) is 5.75 Å². The lowest BCUT2D eigenvalue weighted by Gasteiger charge is -2.18. The van der Waals surface area contributed by atoms with Crippen LogP contribution in [0.2, 0.25) is 0 Å². The van der Waals surface area contributed by atoms with Gasteiger partial charge in [0.2, 0.25) is 0 Å². The van der Waals surface area contributed by atoms with Gasteiger partial charge >= 0.3 is 0 Å². The Bertz CT molecular complexity index is 492. The molecule has 3 N–H and O–H groups in total. The van der Waals surface area contributed by atoms with Gasteiger partial charge in [0.05, 0.1) is 23.7 Å². The first kappa shape index (κ1) is 13.9. The van der Waals surface area contributed by atoms with E-state index >= 15 is 0 Å². The van der Waals surface area contributed by atoms with Crippen molar-refractivity contribution in [2.75, 3.05) is 20.3 Å². The molecule has 2 aromatic rings. The van der Waals surface area contributed by atoms with E-state index in [1.165, 1.54) is 11.5 Å². The predicted molar refractivity (Wildman–Crippen MR) is 72.9 cm³/mol. The second kappa shape index (κ2) is 7.15. The van der Waals surface area contributed by atoms with Crippen LogP contribution in [0, 0.1) is 0 Å². The van der Waals surface area contributed by atoms with E-state index in [9.17, 15) is 0 Å². The number of rotatable bonds is 7. The summed E-state index contributed by atoms with van der Waals surface area (Å²) in [6.07, 6.45) is 1.70. The molecule has 0 aliphatic heterocycles. The molecule has 1 aromatic carbocycles. The van der Waals surface area contributed by atoms with E-state index in [0.717, 1.165) is 16.2 Å². The molecule has 0 aliphatic carbocycles. The second-order valence-electron chi connectivity index (χ2n) is 3.80. The first-order chi connectivity index (χ1) is 9.36. The van der Waals surface area contributed by atoms with Gasteiger partial charge in [0.25, 0.3) is 0 Å². The van der Waals surface area contributed by atoms with Crippen molar-refractivity contribution < 1.29 is 9.47 Å². The quantitative estimate of drug-likeness (QED) is 0.449. The number of nitrogens with two attached hydrogens (primary N) is 1. The van der Waals surface area contributed by atoms with Crippen LogP contribution in [-0.2, 0) is 4.74 Å². The lowest BCUT2D eigenvalue weighted by atomic mass is 10.1. The largest absolute Gasteiger partial charge is 0.491 e. The number of para-hydroxylation sites is 1. The molecule has 7 heteroatoms. The van der Waals surface area contributed by atoms with Crippen molar-refractivity contribution >= 4 is 11.5 Å². The predicted octanol–water partition coefficient (Wildman–Crippen LogP) is 1.12. The monoisotopic (exact) mass is 280 g/mol. The Kier molecular flexibility index (Phi) is 5.22. The molecule has 1 aromatic heterocycles. The van der Waals surface area contributed by atoms with Gasteiger partial charge in [-0.3, -0.25) is 5.84 Å². The summed E-state index contributed by atoms with van der Waals surface area (Å²) >= 11 is 1.30. The minimum absolute atomic E-state index is 0.182. The van der Waals surface area contributed by atoms with Gasteiger partial charge < -0.3 is 9.47 Å². The third-order valence-electron chi connectivity index (χ3n) is 2.60. The fraction of sp³-hybridized carbons (Fsp3) is 0.333. The van der Waals surface area contributed by atoms with Gasteiger partial charge in [0.1, 0.15) is 12.4 Å². The number of nitrogens with one attached hydrogen (secondary N) is 1. The summed E-state index contributed by atoms with van der Waals surface area (Å²) in [4.78, 5) is 0.935. The highest BCUT2D eigenvalue weighted by atomic mass is 32.1. The average Bonchev–Trinajstić information content (AvgIpc) is 2.96. The van der Waals surface area contributed by atoms with Crippen LogP contribution in [0.5, 0.6) is 5.75 Å². The first-order valence-corrected chi connectivity index (χ1v) is 6.58. The van der Waals surface area contributed by atoms with Crippen LogP contribution >= 0.6 is 11.5 Å².